The third kappa shape index (κ3) is 2.54. The molecule has 0 spiro atoms. The molecule has 0 aliphatic heterocycles. The van der Waals surface area contributed by atoms with E-state index in [-0.39, 0.29) is 6.42 Å². The van der Waals surface area contributed by atoms with Gasteiger partial charge >= 0.3 is 5.97 Å². The third-order valence-corrected chi connectivity index (χ3v) is 2.51. The zero-order chi connectivity index (χ0) is 13.1. The molecule has 96 valence electrons. The van der Waals surface area contributed by atoms with E-state index in [1.807, 2.05) is 0 Å². The van der Waals surface area contributed by atoms with Crippen LogP contribution in [0, 0.1) is 0 Å². The Morgan fingerprint density at radius 3 is 2.94 bits per heavy atom. The standard InChI is InChI=1S/C10H13N5O3/c1-14-5-7(4-12-14)9-13-11-6-15(9)3-2-8(16)10(17)18/h4-6,8,16H,2-3H2,1H3,(H,17,18). The summed E-state index contributed by atoms with van der Waals surface area (Å²) in [5, 5.41) is 29.6. The van der Waals surface area contributed by atoms with Gasteiger partial charge in [0.05, 0.1) is 11.8 Å². The SMILES string of the molecule is Cn1cc(-c2nncn2CCC(O)C(=O)O)cn1. The molecule has 0 bridgehead atoms. The number of nitrogens with zero attached hydrogens (tertiary/aromatic N) is 5. The van der Waals surface area contributed by atoms with E-state index in [2.05, 4.69) is 15.3 Å². The van der Waals surface area contributed by atoms with Gasteiger partial charge in [0.1, 0.15) is 6.33 Å². The number of aromatic nitrogens is 5. The number of rotatable bonds is 5. The molecule has 1 unspecified atom stereocenters. The van der Waals surface area contributed by atoms with Crippen molar-refractivity contribution in [2.24, 2.45) is 7.05 Å². The van der Waals surface area contributed by atoms with E-state index < -0.39 is 12.1 Å². The second-order valence-electron chi connectivity index (χ2n) is 3.89. The van der Waals surface area contributed by atoms with Crippen molar-refractivity contribution in [1.82, 2.24) is 24.5 Å². The van der Waals surface area contributed by atoms with Crippen LogP contribution < -0.4 is 0 Å². The summed E-state index contributed by atoms with van der Waals surface area (Å²) in [5.41, 5.74) is 0.791. The van der Waals surface area contributed by atoms with Gasteiger partial charge in [0.15, 0.2) is 11.9 Å². The van der Waals surface area contributed by atoms with Crippen molar-refractivity contribution in [2.45, 2.75) is 19.1 Å². The number of aliphatic carboxylic acids is 1. The fourth-order valence-corrected chi connectivity index (χ4v) is 1.56. The number of aliphatic hydroxyl groups is 1. The lowest BCUT2D eigenvalue weighted by Crippen LogP contribution is -2.21. The second kappa shape index (κ2) is 4.96. The monoisotopic (exact) mass is 251 g/mol. The number of carboxylic acids is 1. The smallest absolute Gasteiger partial charge is 0.332 e. The Bertz CT molecular complexity index is 547. The van der Waals surface area contributed by atoms with Crippen LogP contribution in [-0.2, 0) is 18.4 Å². The van der Waals surface area contributed by atoms with Gasteiger partial charge in [-0.25, -0.2) is 4.79 Å². The maximum Gasteiger partial charge on any atom is 0.332 e. The van der Waals surface area contributed by atoms with Gasteiger partial charge in [0.2, 0.25) is 0 Å². The highest BCUT2D eigenvalue weighted by Gasteiger charge is 2.15. The molecule has 0 saturated carbocycles. The van der Waals surface area contributed by atoms with E-state index in [0.717, 1.165) is 5.56 Å². The largest absolute Gasteiger partial charge is 0.479 e. The van der Waals surface area contributed by atoms with Crippen LogP contribution in [0.25, 0.3) is 11.4 Å². The Balaban J connectivity index is 2.11. The summed E-state index contributed by atoms with van der Waals surface area (Å²) >= 11 is 0. The molecule has 18 heavy (non-hydrogen) atoms. The van der Waals surface area contributed by atoms with Crippen molar-refractivity contribution in [3.05, 3.63) is 18.7 Å². The summed E-state index contributed by atoms with van der Waals surface area (Å²) in [5.74, 6) is -0.633. The number of carboxylic acid groups (broad SMARTS) is 1. The number of carbonyl (C=O) groups is 1. The maximum absolute atomic E-state index is 10.5. The Hall–Kier alpha value is -2.22. The quantitative estimate of drug-likeness (QED) is 0.743. The van der Waals surface area contributed by atoms with Crippen LogP contribution in [0.15, 0.2) is 18.7 Å². The second-order valence-corrected chi connectivity index (χ2v) is 3.89. The molecular formula is C10H13N5O3. The van der Waals surface area contributed by atoms with E-state index in [0.29, 0.717) is 12.4 Å². The molecule has 2 aromatic heterocycles. The fraction of sp³-hybridized carbons (Fsp3) is 0.400. The summed E-state index contributed by atoms with van der Waals surface area (Å²) in [7, 11) is 1.79. The highest BCUT2D eigenvalue weighted by atomic mass is 16.4. The van der Waals surface area contributed by atoms with Crippen LogP contribution >= 0.6 is 0 Å². The van der Waals surface area contributed by atoms with Crippen LogP contribution in [0.3, 0.4) is 0 Å². The van der Waals surface area contributed by atoms with Gasteiger partial charge in [-0.3, -0.25) is 4.68 Å². The van der Waals surface area contributed by atoms with E-state index in [9.17, 15) is 9.90 Å². The van der Waals surface area contributed by atoms with Gasteiger partial charge in [0.25, 0.3) is 0 Å². The summed E-state index contributed by atoms with van der Waals surface area (Å²) in [4.78, 5) is 10.5. The Morgan fingerprint density at radius 2 is 2.33 bits per heavy atom. The first-order valence-electron chi connectivity index (χ1n) is 5.35. The highest BCUT2D eigenvalue weighted by molar-refractivity contribution is 5.71. The first-order valence-corrected chi connectivity index (χ1v) is 5.35. The van der Waals surface area contributed by atoms with Gasteiger partial charge in [-0.1, -0.05) is 0 Å². The molecule has 8 nitrogen and oxygen atoms in total. The highest BCUT2D eigenvalue weighted by Crippen LogP contribution is 2.15. The minimum Gasteiger partial charge on any atom is -0.479 e. The van der Waals surface area contributed by atoms with Crippen LogP contribution in [-0.4, -0.2) is 46.8 Å². The van der Waals surface area contributed by atoms with E-state index in [1.54, 1.807) is 28.7 Å². The Labute approximate surface area is 102 Å². The zero-order valence-electron chi connectivity index (χ0n) is 9.76. The van der Waals surface area contributed by atoms with Gasteiger partial charge in [-0.2, -0.15) is 5.10 Å². The molecular weight excluding hydrogens is 238 g/mol. The number of hydrogen-bond donors (Lipinski definition) is 2. The van der Waals surface area contributed by atoms with Crippen LogP contribution in [0.4, 0.5) is 0 Å². The molecule has 0 saturated heterocycles. The van der Waals surface area contributed by atoms with Gasteiger partial charge in [-0.05, 0) is 0 Å². The lowest BCUT2D eigenvalue weighted by Gasteiger charge is -2.07. The van der Waals surface area contributed by atoms with Crippen molar-refractivity contribution < 1.29 is 15.0 Å². The van der Waals surface area contributed by atoms with E-state index >= 15 is 0 Å². The molecule has 0 radical (unpaired) electrons. The van der Waals surface area contributed by atoms with Gasteiger partial charge in [-0.15, -0.1) is 10.2 Å². The van der Waals surface area contributed by atoms with Gasteiger partial charge < -0.3 is 14.8 Å². The lowest BCUT2D eigenvalue weighted by atomic mass is 10.2. The first-order chi connectivity index (χ1) is 8.58. The van der Waals surface area contributed by atoms with Crippen molar-refractivity contribution in [2.75, 3.05) is 0 Å². The van der Waals surface area contributed by atoms with E-state index in [4.69, 9.17) is 5.11 Å². The summed E-state index contributed by atoms with van der Waals surface area (Å²) in [6.07, 6.45) is 3.65. The average molecular weight is 251 g/mol. The average Bonchev–Trinajstić information content (AvgIpc) is 2.93. The van der Waals surface area contributed by atoms with E-state index in [1.165, 1.54) is 6.33 Å². The summed E-state index contributed by atoms with van der Waals surface area (Å²) in [6, 6.07) is 0. The molecule has 0 amide bonds. The predicted molar refractivity (Wildman–Crippen MR) is 60.5 cm³/mol. The predicted octanol–water partition coefficient (Wildman–Crippen LogP) is -0.486. The van der Waals surface area contributed by atoms with Crippen molar-refractivity contribution in [1.29, 1.82) is 0 Å². The topological polar surface area (TPSA) is 106 Å². The van der Waals surface area contributed by atoms with Crippen molar-refractivity contribution in [3.63, 3.8) is 0 Å². The Morgan fingerprint density at radius 1 is 1.56 bits per heavy atom. The molecule has 2 aromatic rings. The Kier molecular flexibility index (Phi) is 3.38. The normalized spacial score (nSPS) is 12.6. The minimum absolute atomic E-state index is 0.0979. The minimum atomic E-state index is -1.38. The van der Waals surface area contributed by atoms with Gasteiger partial charge in [0, 0.05) is 26.2 Å². The molecule has 0 aliphatic carbocycles. The molecule has 2 heterocycles. The first kappa shape index (κ1) is 12.2. The lowest BCUT2D eigenvalue weighted by molar-refractivity contribution is -0.147. The molecule has 0 aliphatic rings. The number of hydrogen-bond acceptors (Lipinski definition) is 5. The number of aryl methyl sites for hydroxylation is 2. The van der Waals surface area contributed by atoms with Crippen molar-refractivity contribution in [3.8, 4) is 11.4 Å². The number of aliphatic hydroxyl groups excluding tert-OH is 1. The molecule has 2 rings (SSSR count). The summed E-state index contributed by atoms with van der Waals surface area (Å²) in [6.45, 7) is 0.324. The molecule has 8 heteroatoms. The third-order valence-electron chi connectivity index (χ3n) is 2.51. The van der Waals surface area contributed by atoms with Crippen LogP contribution in [0.2, 0.25) is 0 Å². The molecule has 2 N–H and O–H groups in total. The zero-order valence-corrected chi connectivity index (χ0v) is 9.76. The van der Waals surface area contributed by atoms with Crippen LogP contribution in [0.1, 0.15) is 6.42 Å². The van der Waals surface area contributed by atoms with Crippen molar-refractivity contribution >= 4 is 5.97 Å². The molecule has 1 atom stereocenters. The van der Waals surface area contributed by atoms with Crippen LogP contribution in [0.5, 0.6) is 0 Å². The maximum atomic E-state index is 10.5. The summed E-state index contributed by atoms with van der Waals surface area (Å²) < 4.78 is 3.32. The fourth-order valence-electron chi connectivity index (χ4n) is 1.56. The molecule has 0 fully saturated rings. The molecule has 0 aromatic carbocycles.